The molecule has 4 rings (SSSR count). The van der Waals surface area contributed by atoms with Crippen molar-refractivity contribution in [3.63, 3.8) is 0 Å². The van der Waals surface area contributed by atoms with E-state index in [2.05, 4.69) is 31.5 Å². The van der Waals surface area contributed by atoms with E-state index in [1.54, 1.807) is 32.9 Å². The topological polar surface area (TPSA) is 216 Å². The number of aryl methyl sites for hydroxylation is 1. The Morgan fingerprint density at radius 1 is 1.06 bits per heavy atom. The van der Waals surface area contributed by atoms with Gasteiger partial charge in [0.25, 0.3) is 11.8 Å². The third kappa shape index (κ3) is 8.40. The number of nitrogens with one attached hydrogen (secondary N) is 3. The van der Waals surface area contributed by atoms with Crippen LogP contribution in [-0.2, 0) is 9.47 Å². The molecule has 1 atom stereocenters. The van der Waals surface area contributed by atoms with Crippen molar-refractivity contribution in [3.8, 4) is 5.75 Å². The van der Waals surface area contributed by atoms with Gasteiger partial charge < -0.3 is 40.5 Å². The lowest BCUT2D eigenvalue weighted by atomic mass is 10.1. The van der Waals surface area contributed by atoms with Gasteiger partial charge in [-0.3, -0.25) is 9.59 Å². The van der Waals surface area contributed by atoms with E-state index in [0.717, 1.165) is 11.3 Å². The Morgan fingerprint density at radius 3 is 2.45 bits per heavy atom. The number of nitrogens with zero attached hydrogens (tertiary/aromatic N) is 3. The van der Waals surface area contributed by atoms with Gasteiger partial charge in [0.15, 0.2) is 17.8 Å². The number of carbonyl (C=O) groups is 4. The Labute approximate surface area is 269 Å². The highest BCUT2D eigenvalue weighted by Gasteiger charge is 2.31. The van der Waals surface area contributed by atoms with Crippen LogP contribution in [0.1, 0.15) is 68.2 Å². The van der Waals surface area contributed by atoms with Gasteiger partial charge in [-0.15, -0.1) is 0 Å². The molecule has 15 nitrogen and oxygen atoms in total. The fourth-order valence-electron chi connectivity index (χ4n) is 4.37. The number of hydrogen-bond acceptors (Lipinski definition) is 10. The Morgan fingerprint density at radius 2 is 1.79 bits per heavy atom. The van der Waals surface area contributed by atoms with Crippen LogP contribution in [0.5, 0.6) is 5.75 Å². The van der Waals surface area contributed by atoms with E-state index in [-0.39, 0.29) is 40.1 Å². The largest absolute Gasteiger partial charge is 0.508 e. The van der Waals surface area contributed by atoms with Crippen LogP contribution in [0.15, 0.2) is 70.5 Å². The number of rotatable bonds is 11. The minimum absolute atomic E-state index is 0.0339. The number of aliphatic imine (C=N–C) groups is 1. The number of quaternary nitrogens is 1. The van der Waals surface area contributed by atoms with E-state index in [1.807, 2.05) is 6.92 Å². The molecule has 2 aromatic carbocycles. The van der Waals surface area contributed by atoms with Crippen molar-refractivity contribution >= 4 is 41.2 Å². The first kappa shape index (κ1) is 33.9. The molecule has 1 unspecified atom stereocenters. The Balaban J connectivity index is 1.74. The second-order valence-electron chi connectivity index (χ2n) is 10.4. The van der Waals surface area contributed by atoms with Crippen LogP contribution >= 0.6 is 0 Å². The number of esters is 1. The molecule has 7 N–H and O–H groups in total. The number of ether oxygens (including phenoxy) is 2. The summed E-state index contributed by atoms with van der Waals surface area (Å²) in [5.41, 5.74) is 6.15. The second-order valence-corrected chi connectivity index (χ2v) is 10.4. The highest BCUT2D eigenvalue weighted by atomic mass is 16.7. The lowest BCUT2D eigenvalue weighted by Gasteiger charge is -2.26. The smallest absolute Gasteiger partial charge is 0.423 e. The summed E-state index contributed by atoms with van der Waals surface area (Å²) >= 11 is 0. The molecule has 2 heterocycles. The number of hydrogen-bond donors (Lipinski definition) is 5. The molecule has 0 spiro atoms. The van der Waals surface area contributed by atoms with Crippen molar-refractivity contribution in [2.24, 2.45) is 4.99 Å². The summed E-state index contributed by atoms with van der Waals surface area (Å²) in [5, 5.41) is 18.6. The van der Waals surface area contributed by atoms with Gasteiger partial charge in [0.2, 0.25) is 6.79 Å². The van der Waals surface area contributed by atoms with Crippen LogP contribution in [0.2, 0.25) is 0 Å². The molecule has 0 aliphatic rings. The van der Waals surface area contributed by atoms with Crippen molar-refractivity contribution in [1.29, 1.82) is 0 Å². The first-order valence-corrected chi connectivity index (χ1v) is 14.6. The minimum Gasteiger partial charge on any atom is -0.508 e. The van der Waals surface area contributed by atoms with Crippen molar-refractivity contribution in [1.82, 2.24) is 15.5 Å². The molecule has 4 aromatic rings. The number of anilines is 2. The molecule has 2 aromatic heterocycles. The standard InChI is InChI=1S/C32H35N7O8/c1-5-13-34-30(42)24-16-35-27(19(24)3)28(36-20(4)33)39(32(44)46-17-45-31(43)21-8-10-23(40)11-9-21)25-15-22(7-6-18(25)2)29(41)37-26-12-14-47-38-26/h6-12,14-16,20,35,40H,5,13,17,33H2,1-4H3,(H,34,42)(H,37,38,41)/p+1/b36-28+. The molecule has 0 saturated heterocycles. The molecule has 0 aliphatic carbocycles. The highest BCUT2D eigenvalue weighted by molar-refractivity contribution is 6.23. The van der Waals surface area contributed by atoms with Gasteiger partial charge in [-0.05, 0) is 67.8 Å². The van der Waals surface area contributed by atoms with Crippen LogP contribution in [0.3, 0.4) is 0 Å². The maximum Gasteiger partial charge on any atom is 0.423 e. The number of H-pyrrole nitrogens is 1. The Bertz CT molecular complexity index is 1760. The maximum atomic E-state index is 13.9. The lowest BCUT2D eigenvalue weighted by Crippen LogP contribution is -2.59. The fraction of sp³-hybridized carbons (Fsp3) is 0.250. The van der Waals surface area contributed by atoms with Crippen molar-refractivity contribution in [2.45, 2.75) is 40.3 Å². The summed E-state index contributed by atoms with van der Waals surface area (Å²) in [6.07, 6.45) is 1.96. The molecular weight excluding hydrogens is 610 g/mol. The molecule has 246 valence electrons. The minimum atomic E-state index is -1.01. The average molecular weight is 647 g/mol. The summed E-state index contributed by atoms with van der Waals surface area (Å²) in [6.45, 7) is 6.75. The summed E-state index contributed by atoms with van der Waals surface area (Å²) in [4.78, 5) is 61.3. The molecule has 0 saturated carbocycles. The van der Waals surface area contributed by atoms with Gasteiger partial charge in [0, 0.05) is 31.3 Å². The molecule has 0 fully saturated rings. The van der Waals surface area contributed by atoms with Gasteiger partial charge in [-0.25, -0.2) is 19.5 Å². The number of carbonyl (C=O) groups excluding carboxylic acids is 4. The Kier molecular flexibility index (Phi) is 11.1. The zero-order valence-corrected chi connectivity index (χ0v) is 26.3. The van der Waals surface area contributed by atoms with E-state index >= 15 is 0 Å². The quantitative estimate of drug-likeness (QED) is 0.0696. The number of amidine groups is 1. The number of amides is 3. The fourth-order valence-corrected chi connectivity index (χ4v) is 4.37. The van der Waals surface area contributed by atoms with Crippen LogP contribution in [0, 0.1) is 13.8 Å². The highest BCUT2D eigenvalue weighted by Crippen LogP contribution is 2.27. The average Bonchev–Trinajstić information content (AvgIpc) is 3.69. The molecule has 15 heteroatoms. The summed E-state index contributed by atoms with van der Waals surface area (Å²) in [6, 6.07) is 11.5. The predicted molar refractivity (Wildman–Crippen MR) is 170 cm³/mol. The number of benzene rings is 2. The van der Waals surface area contributed by atoms with Crippen LogP contribution in [-0.4, -0.2) is 64.5 Å². The molecule has 47 heavy (non-hydrogen) atoms. The Hall–Kier alpha value is -5.96. The molecule has 0 bridgehead atoms. The number of aromatic amines is 1. The van der Waals surface area contributed by atoms with Crippen LogP contribution in [0.4, 0.5) is 16.3 Å². The van der Waals surface area contributed by atoms with E-state index in [9.17, 15) is 24.3 Å². The maximum absolute atomic E-state index is 13.9. The van der Waals surface area contributed by atoms with E-state index in [0.29, 0.717) is 28.9 Å². The first-order chi connectivity index (χ1) is 22.5. The van der Waals surface area contributed by atoms with Gasteiger partial charge in [-0.1, -0.05) is 18.1 Å². The third-order valence-electron chi connectivity index (χ3n) is 6.75. The van der Waals surface area contributed by atoms with Crippen molar-refractivity contribution in [3.05, 3.63) is 94.5 Å². The number of aromatic hydroxyl groups is 1. The molecule has 0 radical (unpaired) electrons. The number of phenols is 1. The summed E-state index contributed by atoms with van der Waals surface area (Å²) in [7, 11) is 0. The SMILES string of the molecule is CCCNC(=O)c1c[nH]c(/C(=N\C(C)[NH3+])N(C(=O)OCOC(=O)c2ccc(O)cc2)c2cc(C(=O)Nc3ccon3)ccc2C)c1C. The van der Waals surface area contributed by atoms with Gasteiger partial charge >= 0.3 is 12.1 Å². The van der Waals surface area contributed by atoms with Gasteiger partial charge in [0.1, 0.15) is 12.0 Å². The second kappa shape index (κ2) is 15.4. The van der Waals surface area contributed by atoms with E-state index in [1.165, 1.54) is 48.9 Å². The lowest BCUT2D eigenvalue weighted by molar-refractivity contribution is -0.411. The van der Waals surface area contributed by atoms with Crippen molar-refractivity contribution in [2.75, 3.05) is 23.6 Å². The normalized spacial score (nSPS) is 11.8. The third-order valence-corrected chi connectivity index (χ3v) is 6.75. The summed E-state index contributed by atoms with van der Waals surface area (Å²) in [5.74, 6) is -1.46. The zero-order valence-electron chi connectivity index (χ0n) is 26.3. The van der Waals surface area contributed by atoms with Crippen LogP contribution in [0.25, 0.3) is 0 Å². The molecule has 0 aliphatic heterocycles. The number of aromatic nitrogens is 2. The molecule has 3 amide bonds. The number of phenolic OH excluding ortho intramolecular Hbond substituents is 1. The van der Waals surface area contributed by atoms with Gasteiger partial charge in [-0.2, -0.15) is 0 Å². The summed E-state index contributed by atoms with van der Waals surface area (Å²) < 4.78 is 15.4. The first-order valence-electron chi connectivity index (χ1n) is 14.6. The molecular formula is C32H36N7O8+. The zero-order chi connectivity index (χ0) is 34.1. The van der Waals surface area contributed by atoms with E-state index < -0.39 is 30.9 Å². The van der Waals surface area contributed by atoms with Crippen LogP contribution < -0.4 is 21.3 Å². The predicted octanol–water partition coefficient (Wildman–Crippen LogP) is 3.51. The van der Waals surface area contributed by atoms with E-state index in [4.69, 9.17) is 14.0 Å². The van der Waals surface area contributed by atoms with Crippen molar-refractivity contribution < 1.29 is 44.0 Å². The monoisotopic (exact) mass is 646 g/mol. The van der Waals surface area contributed by atoms with Gasteiger partial charge in [0.05, 0.1) is 22.5 Å².